The van der Waals surface area contributed by atoms with Crippen LogP contribution in [-0.2, 0) is 24.3 Å². The predicted molar refractivity (Wildman–Crippen MR) is 110 cm³/mol. The smallest absolute Gasteiger partial charge is 0.318 e. The average molecular weight is 406 g/mol. The van der Waals surface area contributed by atoms with E-state index < -0.39 is 6.04 Å². The fourth-order valence-electron chi connectivity index (χ4n) is 4.19. The van der Waals surface area contributed by atoms with Crippen molar-refractivity contribution in [2.45, 2.75) is 63.7 Å². The monoisotopic (exact) mass is 406 g/mol. The highest BCUT2D eigenvalue weighted by Crippen LogP contribution is 2.23. The van der Waals surface area contributed by atoms with Gasteiger partial charge in [0.25, 0.3) is 0 Å². The van der Waals surface area contributed by atoms with Crippen molar-refractivity contribution in [3.8, 4) is 6.07 Å². The maximum atomic E-state index is 13.0. The summed E-state index contributed by atoms with van der Waals surface area (Å²) in [7, 11) is 0. The number of carbonyl (C=O) groups excluding carboxylic acids is 2. The zero-order chi connectivity index (χ0) is 20.9. The molecule has 8 heteroatoms. The van der Waals surface area contributed by atoms with Crippen LogP contribution in [0.4, 0.5) is 4.79 Å². The van der Waals surface area contributed by atoms with Gasteiger partial charge in [-0.1, -0.05) is 31.4 Å². The summed E-state index contributed by atoms with van der Waals surface area (Å²) in [6.45, 7) is 0.676. The van der Waals surface area contributed by atoms with E-state index in [1.807, 2.05) is 12.1 Å². The van der Waals surface area contributed by atoms with E-state index in [0.29, 0.717) is 25.1 Å². The van der Waals surface area contributed by atoms with E-state index >= 15 is 0 Å². The molecule has 1 aromatic heterocycles. The Labute approximate surface area is 175 Å². The third-order valence-corrected chi connectivity index (χ3v) is 5.94. The molecule has 1 aliphatic carbocycles. The van der Waals surface area contributed by atoms with Crippen molar-refractivity contribution in [1.29, 1.82) is 5.26 Å². The Morgan fingerprint density at radius 2 is 1.97 bits per heavy atom. The van der Waals surface area contributed by atoms with Gasteiger partial charge in [-0.05, 0) is 30.5 Å². The standard InChI is InChI=1S/C22H26N6O2/c23-11-15-6-8-16(9-7-15)12-24-21(29)20-10-18-19(26-14-25-18)13-28(20)22(30)27-17-4-2-1-3-5-17/h6-9,14,17,20H,1-5,10,12-13H2,(H,24,29)(H,25,26)(H,27,30)/t20-/m0/s1. The SMILES string of the molecule is N#Cc1ccc(CNC(=O)[C@@H]2Cc3nc[nH]c3CN2C(=O)NC2CCCCC2)cc1. The summed E-state index contributed by atoms with van der Waals surface area (Å²) in [6.07, 6.45) is 7.45. The van der Waals surface area contributed by atoms with Crippen molar-refractivity contribution < 1.29 is 9.59 Å². The van der Waals surface area contributed by atoms with Crippen LogP contribution in [-0.4, -0.2) is 38.9 Å². The molecule has 1 saturated carbocycles. The van der Waals surface area contributed by atoms with Gasteiger partial charge in [0.05, 0.1) is 35.9 Å². The Bertz CT molecular complexity index is 939. The number of aromatic nitrogens is 2. The number of imidazole rings is 1. The summed E-state index contributed by atoms with van der Waals surface area (Å²) < 4.78 is 0. The molecule has 30 heavy (non-hydrogen) atoms. The number of fused-ring (bicyclic) bond motifs is 1. The summed E-state index contributed by atoms with van der Waals surface area (Å²) >= 11 is 0. The fraction of sp³-hybridized carbons (Fsp3) is 0.455. The first-order valence-corrected chi connectivity index (χ1v) is 10.5. The lowest BCUT2D eigenvalue weighted by molar-refractivity contribution is -0.126. The van der Waals surface area contributed by atoms with Crippen LogP contribution in [0.15, 0.2) is 30.6 Å². The lowest BCUT2D eigenvalue weighted by Gasteiger charge is -2.35. The van der Waals surface area contributed by atoms with Gasteiger partial charge in [-0.15, -0.1) is 0 Å². The highest BCUT2D eigenvalue weighted by molar-refractivity contribution is 5.87. The number of nitriles is 1. The van der Waals surface area contributed by atoms with Gasteiger partial charge >= 0.3 is 6.03 Å². The number of nitrogens with one attached hydrogen (secondary N) is 3. The Balaban J connectivity index is 1.44. The minimum atomic E-state index is -0.609. The topological polar surface area (TPSA) is 114 Å². The molecule has 0 saturated heterocycles. The van der Waals surface area contributed by atoms with Gasteiger partial charge < -0.3 is 20.5 Å². The molecule has 156 valence electrons. The van der Waals surface area contributed by atoms with Crippen LogP contribution < -0.4 is 10.6 Å². The maximum Gasteiger partial charge on any atom is 0.318 e. The van der Waals surface area contributed by atoms with E-state index in [1.54, 1.807) is 23.4 Å². The number of rotatable bonds is 4. The molecular weight excluding hydrogens is 380 g/mol. The van der Waals surface area contributed by atoms with Gasteiger partial charge in [0, 0.05) is 19.0 Å². The lowest BCUT2D eigenvalue weighted by Crippen LogP contribution is -2.56. The fourth-order valence-corrected chi connectivity index (χ4v) is 4.19. The van der Waals surface area contributed by atoms with Crippen molar-refractivity contribution in [3.05, 3.63) is 53.1 Å². The largest absolute Gasteiger partial charge is 0.350 e. The lowest BCUT2D eigenvalue weighted by atomic mass is 9.95. The molecule has 2 aliphatic rings. The molecule has 0 unspecified atom stereocenters. The molecule has 0 bridgehead atoms. The van der Waals surface area contributed by atoms with E-state index in [1.165, 1.54) is 6.42 Å². The number of benzene rings is 1. The number of nitrogens with zero attached hydrogens (tertiary/aromatic N) is 3. The number of carbonyl (C=O) groups is 2. The minimum absolute atomic E-state index is 0.178. The molecule has 4 rings (SSSR count). The molecule has 0 radical (unpaired) electrons. The van der Waals surface area contributed by atoms with E-state index in [4.69, 9.17) is 5.26 Å². The third kappa shape index (κ3) is 4.46. The molecule has 1 aliphatic heterocycles. The number of aromatic amines is 1. The first-order valence-electron chi connectivity index (χ1n) is 10.5. The predicted octanol–water partition coefficient (Wildman–Crippen LogP) is 2.37. The molecule has 3 N–H and O–H groups in total. The second-order valence-corrected chi connectivity index (χ2v) is 7.99. The molecule has 1 fully saturated rings. The molecule has 2 heterocycles. The average Bonchev–Trinajstić information content (AvgIpc) is 3.25. The van der Waals surface area contributed by atoms with Crippen LogP contribution in [0.5, 0.6) is 0 Å². The Morgan fingerprint density at radius 1 is 1.20 bits per heavy atom. The zero-order valence-corrected chi connectivity index (χ0v) is 16.9. The number of hydrogen-bond acceptors (Lipinski definition) is 4. The Morgan fingerprint density at radius 3 is 2.70 bits per heavy atom. The maximum absolute atomic E-state index is 13.0. The molecule has 3 amide bonds. The summed E-state index contributed by atoms with van der Waals surface area (Å²) in [5.74, 6) is -0.202. The number of hydrogen-bond donors (Lipinski definition) is 3. The van der Waals surface area contributed by atoms with Crippen LogP contribution in [0.2, 0.25) is 0 Å². The van der Waals surface area contributed by atoms with Crippen LogP contribution in [0, 0.1) is 11.3 Å². The van der Waals surface area contributed by atoms with Gasteiger partial charge in [0.15, 0.2) is 0 Å². The van der Waals surface area contributed by atoms with E-state index in [0.717, 1.165) is 42.6 Å². The number of H-pyrrole nitrogens is 1. The number of amides is 3. The Hall–Kier alpha value is -3.34. The third-order valence-electron chi connectivity index (χ3n) is 5.94. The van der Waals surface area contributed by atoms with Gasteiger partial charge in [0.2, 0.25) is 5.91 Å². The quantitative estimate of drug-likeness (QED) is 0.723. The van der Waals surface area contributed by atoms with Crippen molar-refractivity contribution in [2.24, 2.45) is 0 Å². The van der Waals surface area contributed by atoms with Crippen molar-refractivity contribution >= 4 is 11.9 Å². The molecular formula is C22H26N6O2. The number of urea groups is 1. The van der Waals surface area contributed by atoms with E-state index in [-0.39, 0.29) is 18.0 Å². The van der Waals surface area contributed by atoms with Crippen molar-refractivity contribution in [1.82, 2.24) is 25.5 Å². The van der Waals surface area contributed by atoms with Gasteiger partial charge in [0.1, 0.15) is 6.04 Å². The van der Waals surface area contributed by atoms with Crippen LogP contribution >= 0.6 is 0 Å². The van der Waals surface area contributed by atoms with Gasteiger partial charge in [-0.2, -0.15) is 5.26 Å². The second-order valence-electron chi connectivity index (χ2n) is 7.99. The molecule has 2 aromatic rings. The normalized spacial score (nSPS) is 18.9. The molecule has 1 aromatic carbocycles. The van der Waals surface area contributed by atoms with E-state index in [2.05, 4.69) is 26.7 Å². The summed E-state index contributed by atoms with van der Waals surface area (Å²) in [6, 6.07) is 8.54. The second kappa shape index (κ2) is 8.99. The summed E-state index contributed by atoms with van der Waals surface area (Å²) in [4.78, 5) is 35.0. The summed E-state index contributed by atoms with van der Waals surface area (Å²) in [5.41, 5.74) is 3.19. The van der Waals surface area contributed by atoms with Crippen molar-refractivity contribution in [2.75, 3.05) is 0 Å². The highest BCUT2D eigenvalue weighted by atomic mass is 16.2. The first-order chi connectivity index (χ1) is 14.6. The van der Waals surface area contributed by atoms with E-state index in [9.17, 15) is 9.59 Å². The molecule has 0 spiro atoms. The Kier molecular flexibility index (Phi) is 5.98. The van der Waals surface area contributed by atoms with Crippen LogP contribution in [0.3, 0.4) is 0 Å². The molecule has 8 nitrogen and oxygen atoms in total. The van der Waals surface area contributed by atoms with Gasteiger partial charge in [-0.25, -0.2) is 9.78 Å². The minimum Gasteiger partial charge on any atom is -0.350 e. The highest BCUT2D eigenvalue weighted by Gasteiger charge is 2.36. The van der Waals surface area contributed by atoms with Crippen LogP contribution in [0.1, 0.15) is 54.6 Å². The van der Waals surface area contributed by atoms with Crippen molar-refractivity contribution in [3.63, 3.8) is 0 Å². The van der Waals surface area contributed by atoms with Crippen LogP contribution in [0.25, 0.3) is 0 Å². The zero-order valence-electron chi connectivity index (χ0n) is 16.9. The van der Waals surface area contributed by atoms with Gasteiger partial charge in [-0.3, -0.25) is 4.79 Å². The molecule has 1 atom stereocenters. The first kappa shape index (κ1) is 20.0. The summed E-state index contributed by atoms with van der Waals surface area (Å²) in [5, 5.41) is 15.0.